The average molecular weight is 504 g/mol. The number of pyridine rings is 1. The zero-order valence-corrected chi connectivity index (χ0v) is 21.6. The summed E-state index contributed by atoms with van der Waals surface area (Å²) in [6.45, 7) is 6.26. The molecular formula is C28H33N5O4. The summed E-state index contributed by atoms with van der Waals surface area (Å²) in [5.41, 5.74) is 13.0. The monoisotopic (exact) mass is 503 g/mol. The lowest BCUT2D eigenvalue weighted by molar-refractivity contribution is -0.0373. The number of nitrogens with one attached hydrogen (secondary N) is 1. The topological polar surface area (TPSA) is 123 Å². The van der Waals surface area contributed by atoms with Crippen LogP contribution in [0.4, 0.5) is 0 Å². The van der Waals surface area contributed by atoms with Gasteiger partial charge in [0.25, 0.3) is 5.91 Å². The molecule has 0 spiro atoms. The Bertz CT molecular complexity index is 1350. The van der Waals surface area contributed by atoms with Crippen LogP contribution in [0.3, 0.4) is 0 Å². The number of nitrogens with zero attached hydrogens (tertiary/aromatic N) is 3. The minimum atomic E-state index is -0.515. The molecule has 3 N–H and O–H groups in total. The van der Waals surface area contributed by atoms with Gasteiger partial charge in [-0.1, -0.05) is 6.07 Å². The Hall–Kier alpha value is -3.56. The van der Waals surface area contributed by atoms with Crippen LogP contribution in [-0.4, -0.2) is 70.9 Å². The van der Waals surface area contributed by atoms with Crippen LogP contribution < -0.4 is 5.73 Å². The van der Waals surface area contributed by atoms with E-state index in [9.17, 15) is 9.59 Å². The van der Waals surface area contributed by atoms with Crippen molar-refractivity contribution in [1.29, 1.82) is 0 Å². The van der Waals surface area contributed by atoms with Gasteiger partial charge in [0.15, 0.2) is 5.69 Å². The molecule has 9 nitrogen and oxygen atoms in total. The third-order valence-electron chi connectivity index (χ3n) is 7.33. The first kappa shape index (κ1) is 25.1. The van der Waals surface area contributed by atoms with E-state index in [-0.39, 0.29) is 5.91 Å². The molecule has 1 aromatic carbocycles. The van der Waals surface area contributed by atoms with Gasteiger partial charge in [-0.2, -0.15) is 5.10 Å². The maximum absolute atomic E-state index is 13.6. The number of rotatable bonds is 7. The van der Waals surface area contributed by atoms with Crippen molar-refractivity contribution in [3.05, 3.63) is 58.5 Å². The molecule has 0 atom stereocenters. The molecular weight excluding hydrogens is 470 g/mol. The van der Waals surface area contributed by atoms with Crippen LogP contribution in [0.15, 0.2) is 30.6 Å². The summed E-state index contributed by atoms with van der Waals surface area (Å²) >= 11 is 0. The Labute approximate surface area is 216 Å². The largest absolute Gasteiger partial charge is 0.385 e. The summed E-state index contributed by atoms with van der Waals surface area (Å²) in [5, 5.41) is 7.68. The van der Waals surface area contributed by atoms with E-state index < -0.39 is 11.4 Å². The number of ether oxygens (including phenoxy) is 2. The summed E-state index contributed by atoms with van der Waals surface area (Å²) in [6, 6.07) is 6.14. The van der Waals surface area contributed by atoms with E-state index in [1.165, 1.54) is 11.8 Å². The van der Waals surface area contributed by atoms with E-state index in [1.807, 2.05) is 18.7 Å². The molecule has 3 heterocycles. The van der Waals surface area contributed by atoms with Gasteiger partial charge in [0, 0.05) is 49.3 Å². The number of methoxy groups -OCH3 is 1. The number of morpholine rings is 1. The first-order chi connectivity index (χ1) is 17.8. The molecule has 2 aliphatic rings. The number of fused-ring (bicyclic) bond motifs is 3. The van der Waals surface area contributed by atoms with Crippen molar-refractivity contribution in [2.24, 2.45) is 5.73 Å². The van der Waals surface area contributed by atoms with Crippen LogP contribution in [0.25, 0.3) is 22.4 Å². The smallest absolute Gasteiger partial charge is 0.275 e. The van der Waals surface area contributed by atoms with E-state index in [4.69, 9.17) is 15.2 Å². The van der Waals surface area contributed by atoms with Gasteiger partial charge in [-0.3, -0.25) is 19.7 Å². The van der Waals surface area contributed by atoms with Gasteiger partial charge in [0.05, 0.1) is 30.0 Å². The molecule has 1 fully saturated rings. The highest BCUT2D eigenvalue weighted by molar-refractivity contribution is 5.97. The molecule has 1 aliphatic carbocycles. The number of nitrogens with two attached hydrogens (primary N) is 1. The number of aromatic amines is 1. The lowest BCUT2D eigenvalue weighted by Gasteiger charge is -2.41. The van der Waals surface area contributed by atoms with Crippen molar-refractivity contribution in [3.63, 3.8) is 0 Å². The number of H-pyrrole nitrogens is 1. The summed E-state index contributed by atoms with van der Waals surface area (Å²) < 4.78 is 10.9. The zero-order valence-electron chi connectivity index (χ0n) is 21.6. The van der Waals surface area contributed by atoms with Gasteiger partial charge < -0.3 is 20.1 Å². The first-order valence-corrected chi connectivity index (χ1v) is 12.7. The second-order valence-corrected chi connectivity index (χ2v) is 10.3. The number of carbonyl (C=O) groups is 2. The van der Waals surface area contributed by atoms with E-state index >= 15 is 0 Å². The molecule has 9 heteroatoms. The lowest BCUT2D eigenvalue weighted by Crippen LogP contribution is -2.55. The molecule has 2 aromatic heterocycles. The number of benzene rings is 1. The van der Waals surface area contributed by atoms with Gasteiger partial charge in [-0.15, -0.1) is 0 Å². The molecule has 0 radical (unpaired) electrons. The number of carbonyl (C=O) groups excluding carboxylic acids is 2. The SMILES string of the molecule is COCCCc1cc2c(cc1-c1cncc(C(N)=O)c1)-c1[nH]nc(C(=O)N3CCOCC3(C)C)c1CC2. The minimum Gasteiger partial charge on any atom is -0.385 e. The van der Waals surface area contributed by atoms with Crippen molar-refractivity contribution < 1.29 is 19.1 Å². The molecule has 194 valence electrons. The molecule has 1 aliphatic heterocycles. The van der Waals surface area contributed by atoms with E-state index in [0.717, 1.165) is 59.2 Å². The second-order valence-electron chi connectivity index (χ2n) is 10.3. The number of hydrogen-bond acceptors (Lipinski definition) is 6. The second kappa shape index (κ2) is 10.1. The highest BCUT2D eigenvalue weighted by Gasteiger charge is 2.37. The summed E-state index contributed by atoms with van der Waals surface area (Å²) in [7, 11) is 1.70. The predicted molar refractivity (Wildman–Crippen MR) is 139 cm³/mol. The fourth-order valence-corrected chi connectivity index (χ4v) is 5.37. The van der Waals surface area contributed by atoms with Crippen molar-refractivity contribution >= 4 is 11.8 Å². The van der Waals surface area contributed by atoms with Gasteiger partial charge in [-0.25, -0.2) is 0 Å². The normalized spacial score (nSPS) is 16.2. The minimum absolute atomic E-state index is 0.0657. The van der Waals surface area contributed by atoms with Crippen molar-refractivity contribution in [3.8, 4) is 22.4 Å². The first-order valence-electron chi connectivity index (χ1n) is 12.7. The van der Waals surface area contributed by atoms with Gasteiger partial charge in [-0.05, 0) is 68.4 Å². The molecule has 1 saturated heterocycles. The molecule has 5 rings (SSSR count). The summed E-state index contributed by atoms with van der Waals surface area (Å²) in [5.74, 6) is -0.581. The van der Waals surface area contributed by atoms with E-state index in [2.05, 4.69) is 27.3 Å². The standard InChI is InChI=1S/C28H33N5O4/c1-28(2)16-37-10-8-33(28)27(35)25-21-7-6-18-11-17(5-4-9-36-3)22(13-23(18)24(21)31-32-25)19-12-20(26(29)34)15-30-14-19/h11-15H,4-10,16H2,1-3H3,(H2,29,34)(H,31,32). The third-order valence-corrected chi connectivity index (χ3v) is 7.33. The maximum atomic E-state index is 13.6. The molecule has 0 unspecified atom stereocenters. The Balaban J connectivity index is 1.57. The van der Waals surface area contributed by atoms with Crippen LogP contribution >= 0.6 is 0 Å². The molecule has 3 aromatic rings. The van der Waals surface area contributed by atoms with Gasteiger partial charge in [0.2, 0.25) is 5.91 Å². The van der Waals surface area contributed by atoms with E-state index in [0.29, 0.717) is 37.6 Å². The van der Waals surface area contributed by atoms with Gasteiger partial charge >= 0.3 is 0 Å². The fraction of sp³-hybridized carbons (Fsp3) is 0.429. The van der Waals surface area contributed by atoms with Crippen LogP contribution in [0.2, 0.25) is 0 Å². The number of hydrogen-bond donors (Lipinski definition) is 2. The van der Waals surface area contributed by atoms with Crippen molar-refractivity contribution in [2.75, 3.05) is 33.5 Å². The maximum Gasteiger partial charge on any atom is 0.275 e. The highest BCUT2D eigenvalue weighted by Crippen LogP contribution is 2.39. The van der Waals surface area contributed by atoms with E-state index in [1.54, 1.807) is 19.4 Å². The Morgan fingerprint density at radius 3 is 2.78 bits per heavy atom. The number of primary amides is 1. The summed E-state index contributed by atoms with van der Waals surface area (Å²) in [6.07, 6.45) is 6.47. The Morgan fingerprint density at radius 1 is 1.19 bits per heavy atom. The number of aryl methyl sites for hydroxylation is 2. The molecule has 0 bridgehead atoms. The van der Waals surface area contributed by atoms with Crippen LogP contribution in [0.1, 0.15) is 57.8 Å². The fourth-order valence-electron chi connectivity index (χ4n) is 5.37. The molecule has 0 saturated carbocycles. The lowest BCUT2D eigenvalue weighted by atomic mass is 9.83. The van der Waals surface area contributed by atoms with Crippen LogP contribution in [-0.2, 0) is 28.7 Å². The predicted octanol–water partition coefficient (Wildman–Crippen LogP) is 3.17. The quantitative estimate of drug-likeness (QED) is 0.478. The number of amides is 2. The molecule has 37 heavy (non-hydrogen) atoms. The van der Waals surface area contributed by atoms with Crippen molar-refractivity contribution in [2.45, 2.75) is 45.1 Å². The van der Waals surface area contributed by atoms with Gasteiger partial charge in [0.1, 0.15) is 0 Å². The van der Waals surface area contributed by atoms with Crippen LogP contribution in [0.5, 0.6) is 0 Å². The summed E-state index contributed by atoms with van der Waals surface area (Å²) in [4.78, 5) is 31.5. The van der Waals surface area contributed by atoms with Crippen molar-refractivity contribution in [1.82, 2.24) is 20.1 Å². The Morgan fingerprint density at radius 2 is 2.03 bits per heavy atom. The highest BCUT2D eigenvalue weighted by atomic mass is 16.5. The zero-order chi connectivity index (χ0) is 26.2. The molecule has 2 amide bonds. The third kappa shape index (κ3) is 4.76. The number of aromatic nitrogens is 3. The van der Waals surface area contributed by atoms with Crippen LogP contribution in [0, 0.1) is 0 Å². The Kier molecular flexibility index (Phi) is 6.83. The average Bonchev–Trinajstić information content (AvgIpc) is 3.32.